The quantitative estimate of drug-likeness (QED) is 0.445. The van der Waals surface area contributed by atoms with Crippen LogP contribution in [0.5, 0.6) is 5.75 Å². The number of rotatable bonds is 5. The molecule has 0 spiro atoms. The van der Waals surface area contributed by atoms with E-state index in [1.807, 2.05) is 6.07 Å². The largest absolute Gasteiger partial charge is 0.476 e. The van der Waals surface area contributed by atoms with Gasteiger partial charge in [-0.1, -0.05) is 6.92 Å². The number of fused-ring (bicyclic) bond motifs is 2. The maximum atomic E-state index is 12.3. The van der Waals surface area contributed by atoms with Gasteiger partial charge >= 0.3 is 6.09 Å². The Labute approximate surface area is 195 Å². The summed E-state index contributed by atoms with van der Waals surface area (Å²) in [7, 11) is 0. The van der Waals surface area contributed by atoms with Crippen LogP contribution in [0, 0.1) is 11.8 Å². The van der Waals surface area contributed by atoms with Crippen molar-refractivity contribution in [2.45, 2.75) is 26.4 Å². The van der Waals surface area contributed by atoms with Crippen LogP contribution in [0.15, 0.2) is 34.9 Å². The summed E-state index contributed by atoms with van der Waals surface area (Å²) in [6.07, 6.45) is 0.547. The molecule has 2 aliphatic heterocycles. The first-order chi connectivity index (χ1) is 16.2. The van der Waals surface area contributed by atoms with E-state index in [0.29, 0.717) is 53.1 Å². The van der Waals surface area contributed by atoms with Crippen LogP contribution in [0.3, 0.4) is 0 Å². The number of carbonyl (C=O) groups is 2. The lowest BCUT2D eigenvalue weighted by Crippen LogP contribution is -2.45. The molecule has 2 unspecified atom stereocenters. The van der Waals surface area contributed by atoms with Gasteiger partial charge in [0.15, 0.2) is 17.0 Å². The van der Waals surface area contributed by atoms with Crippen LogP contribution in [-0.4, -0.2) is 52.3 Å². The minimum absolute atomic E-state index is 0.154. The molecule has 2 aromatic heterocycles. The first-order valence-electron chi connectivity index (χ1n) is 11.1. The summed E-state index contributed by atoms with van der Waals surface area (Å²) in [5.41, 5.74) is 1.56. The summed E-state index contributed by atoms with van der Waals surface area (Å²) in [5, 5.41) is 17.5. The third kappa shape index (κ3) is 4.04. The predicted octanol–water partition coefficient (Wildman–Crippen LogP) is 3.42. The van der Waals surface area contributed by atoms with Gasteiger partial charge in [0.1, 0.15) is 11.3 Å². The van der Waals surface area contributed by atoms with Crippen LogP contribution < -0.4 is 25.6 Å². The lowest BCUT2D eigenvalue weighted by Gasteiger charge is -2.31. The van der Waals surface area contributed by atoms with E-state index in [2.05, 4.69) is 32.8 Å². The van der Waals surface area contributed by atoms with E-state index >= 15 is 0 Å². The van der Waals surface area contributed by atoms with Crippen molar-refractivity contribution in [1.82, 2.24) is 15.3 Å². The number of hydrogen-bond acceptors (Lipinski definition) is 8. The Hall–Kier alpha value is -4.02. The van der Waals surface area contributed by atoms with Crippen LogP contribution in [0.1, 0.15) is 20.8 Å². The average Bonchev–Trinajstić information content (AvgIpc) is 3.39. The van der Waals surface area contributed by atoms with Crippen LogP contribution in [0.25, 0.3) is 11.1 Å². The molecule has 1 saturated heterocycles. The zero-order chi connectivity index (χ0) is 24.0. The lowest BCUT2D eigenvalue weighted by atomic mass is 9.98. The standard InChI is InChI=1S/C23H26N6O5/c1-12-10-29(11-13(12)9-24-22(31)32)19-18-15(6-7-33-18)27-21(28-19)25-14-4-5-17-16(8-14)26-20(30)23(2,3)34-17/h4-8,12-13,24H,9-11H2,1-3H3,(H,26,30)(H,31,32)(H,25,27,28). The van der Waals surface area contributed by atoms with Gasteiger partial charge in [-0.25, -0.2) is 9.78 Å². The second-order valence-corrected chi connectivity index (χ2v) is 9.24. The molecule has 0 aliphatic carbocycles. The molecule has 5 rings (SSSR count). The average molecular weight is 466 g/mol. The van der Waals surface area contributed by atoms with Gasteiger partial charge in [0.25, 0.3) is 5.91 Å². The molecular formula is C23H26N6O5. The molecule has 2 aliphatic rings. The third-order valence-electron chi connectivity index (χ3n) is 6.26. The Morgan fingerprint density at radius 2 is 2.12 bits per heavy atom. The van der Waals surface area contributed by atoms with Gasteiger partial charge in [-0.2, -0.15) is 4.98 Å². The molecule has 1 fully saturated rings. The molecule has 34 heavy (non-hydrogen) atoms. The maximum absolute atomic E-state index is 12.3. The van der Waals surface area contributed by atoms with E-state index in [1.165, 1.54) is 0 Å². The van der Waals surface area contributed by atoms with Crippen LogP contribution in [0.4, 0.5) is 27.9 Å². The van der Waals surface area contributed by atoms with Crippen molar-refractivity contribution < 1.29 is 23.8 Å². The fourth-order valence-corrected chi connectivity index (χ4v) is 4.33. The predicted molar refractivity (Wildman–Crippen MR) is 126 cm³/mol. The number of aromatic nitrogens is 2. The Morgan fingerprint density at radius 3 is 2.91 bits per heavy atom. The van der Waals surface area contributed by atoms with Gasteiger partial charge in [0.05, 0.1) is 12.0 Å². The van der Waals surface area contributed by atoms with Gasteiger partial charge in [-0.15, -0.1) is 0 Å². The van der Waals surface area contributed by atoms with Crippen molar-refractivity contribution >= 4 is 46.2 Å². The fraction of sp³-hybridized carbons (Fsp3) is 0.391. The number of benzene rings is 1. The SMILES string of the molecule is CC1CN(c2nc(Nc3ccc4c(c3)NC(=O)C(C)(C)O4)nc3ccoc23)CC1CNC(=O)O. The maximum Gasteiger partial charge on any atom is 0.404 e. The minimum atomic E-state index is -1.03. The first kappa shape index (κ1) is 21.8. The number of anilines is 4. The number of hydrogen-bond donors (Lipinski definition) is 4. The topological polar surface area (TPSA) is 142 Å². The number of amides is 2. The molecule has 2 amide bonds. The molecule has 178 valence electrons. The second-order valence-electron chi connectivity index (χ2n) is 9.24. The molecule has 11 nitrogen and oxygen atoms in total. The van der Waals surface area contributed by atoms with E-state index in [0.717, 1.165) is 6.54 Å². The van der Waals surface area contributed by atoms with Crippen molar-refractivity contribution in [2.24, 2.45) is 11.8 Å². The van der Waals surface area contributed by atoms with Crippen molar-refractivity contribution in [3.05, 3.63) is 30.5 Å². The van der Waals surface area contributed by atoms with E-state index in [1.54, 1.807) is 38.3 Å². The summed E-state index contributed by atoms with van der Waals surface area (Å²) in [6, 6.07) is 7.17. The summed E-state index contributed by atoms with van der Waals surface area (Å²) >= 11 is 0. The van der Waals surface area contributed by atoms with Crippen LogP contribution in [0.2, 0.25) is 0 Å². The summed E-state index contributed by atoms with van der Waals surface area (Å²) in [6.45, 7) is 7.27. The van der Waals surface area contributed by atoms with E-state index < -0.39 is 11.7 Å². The second kappa shape index (κ2) is 8.08. The summed E-state index contributed by atoms with van der Waals surface area (Å²) in [5.74, 6) is 1.84. The third-order valence-corrected chi connectivity index (χ3v) is 6.26. The molecule has 1 aromatic carbocycles. The monoisotopic (exact) mass is 466 g/mol. The Bertz CT molecular complexity index is 1270. The molecule has 4 N–H and O–H groups in total. The zero-order valence-electron chi connectivity index (χ0n) is 19.1. The highest BCUT2D eigenvalue weighted by atomic mass is 16.5. The van der Waals surface area contributed by atoms with Gasteiger partial charge in [0.2, 0.25) is 5.95 Å². The molecule has 0 saturated carbocycles. The van der Waals surface area contributed by atoms with Crippen molar-refractivity contribution in [1.29, 1.82) is 0 Å². The molecular weight excluding hydrogens is 440 g/mol. The fourth-order valence-electron chi connectivity index (χ4n) is 4.33. The lowest BCUT2D eigenvalue weighted by molar-refractivity contribution is -0.129. The molecule has 0 radical (unpaired) electrons. The zero-order valence-corrected chi connectivity index (χ0v) is 19.1. The molecule has 2 atom stereocenters. The first-order valence-corrected chi connectivity index (χ1v) is 11.1. The van der Waals surface area contributed by atoms with E-state index in [9.17, 15) is 9.59 Å². The Balaban J connectivity index is 1.40. The van der Waals surface area contributed by atoms with Crippen molar-refractivity contribution in [2.75, 3.05) is 35.2 Å². The van der Waals surface area contributed by atoms with Gasteiger partial charge in [-0.05, 0) is 43.9 Å². The number of nitrogens with zero attached hydrogens (tertiary/aromatic N) is 3. The smallest absolute Gasteiger partial charge is 0.404 e. The van der Waals surface area contributed by atoms with Crippen LogP contribution in [-0.2, 0) is 4.79 Å². The van der Waals surface area contributed by atoms with Gasteiger partial charge < -0.3 is 35.1 Å². The Kier molecular flexibility index (Phi) is 5.18. The van der Waals surface area contributed by atoms with Crippen molar-refractivity contribution in [3.63, 3.8) is 0 Å². The Morgan fingerprint density at radius 1 is 1.29 bits per heavy atom. The highest BCUT2D eigenvalue weighted by Crippen LogP contribution is 2.37. The molecule has 0 bridgehead atoms. The summed E-state index contributed by atoms with van der Waals surface area (Å²) < 4.78 is 11.5. The van der Waals surface area contributed by atoms with Crippen molar-refractivity contribution in [3.8, 4) is 5.75 Å². The highest BCUT2D eigenvalue weighted by Gasteiger charge is 2.35. The normalized spacial score (nSPS) is 21.0. The van der Waals surface area contributed by atoms with E-state index in [4.69, 9.17) is 19.2 Å². The molecule has 4 heterocycles. The minimum Gasteiger partial charge on any atom is -0.476 e. The van der Waals surface area contributed by atoms with Crippen LogP contribution >= 0.6 is 0 Å². The number of nitrogens with one attached hydrogen (secondary N) is 3. The van der Waals surface area contributed by atoms with Gasteiger partial charge in [-0.3, -0.25) is 4.79 Å². The number of furan rings is 1. The summed E-state index contributed by atoms with van der Waals surface area (Å²) in [4.78, 5) is 34.5. The molecule has 11 heteroatoms. The highest BCUT2D eigenvalue weighted by molar-refractivity contribution is 6.00. The number of carbonyl (C=O) groups excluding carboxylic acids is 1. The van der Waals surface area contributed by atoms with Gasteiger partial charge in [0, 0.05) is 31.4 Å². The van der Waals surface area contributed by atoms with E-state index in [-0.39, 0.29) is 17.7 Å². The number of carboxylic acid groups (broad SMARTS) is 1. The molecule has 3 aromatic rings. The number of ether oxygens (including phenoxy) is 1.